The molecule has 0 amide bonds. The third-order valence-corrected chi connectivity index (χ3v) is 2.49. The molecular weight excluding hydrogens is 238 g/mol. The van der Waals surface area contributed by atoms with Crippen molar-refractivity contribution in [3.63, 3.8) is 0 Å². The monoisotopic (exact) mass is 251 g/mol. The summed E-state index contributed by atoms with van der Waals surface area (Å²) in [4.78, 5) is 15.0. The normalized spacial score (nSPS) is 11.2. The molecule has 3 nitrogen and oxygen atoms in total. The van der Waals surface area contributed by atoms with Crippen LogP contribution in [0.4, 0.5) is 5.69 Å². The highest BCUT2D eigenvalue weighted by molar-refractivity contribution is 5.89. The molecule has 0 radical (unpaired) electrons. The van der Waals surface area contributed by atoms with Crippen molar-refractivity contribution in [2.24, 2.45) is 4.99 Å². The lowest BCUT2D eigenvalue weighted by Crippen LogP contribution is -1.94. The van der Waals surface area contributed by atoms with Gasteiger partial charge in [-0.15, -0.1) is 0 Å². The summed E-state index contributed by atoms with van der Waals surface area (Å²) in [6, 6.07) is 16.4. The molecule has 0 aliphatic heterocycles. The third kappa shape index (κ3) is 3.92. The summed E-state index contributed by atoms with van der Waals surface area (Å²) in [5.74, 6) is -0.947. The maximum atomic E-state index is 10.8. The second kappa shape index (κ2) is 6.31. The Bertz CT molecular complexity index is 616. The summed E-state index contributed by atoms with van der Waals surface area (Å²) in [5, 5.41) is 8.86. The molecule has 0 saturated carbocycles. The summed E-state index contributed by atoms with van der Waals surface area (Å²) in [7, 11) is 0. The average molecular weight is 251 g/mol. The number of rotatable bonds is 4. The number of benzene rings is 2. The zero-order valence-corrected chi connectivity index (χ0v) is 10.2. The van der Waals surface area contributed by atoms with Crippen LogP contribution in [0.25, 0.3) is 6.08 Å². The SMILES string of the molecule is O=C(O)c1cccc(N=C/C=C\c2ccccc2)c1. The van der Waals surface area contributed by atoms with E-state index in [9.17, 15) is 4.79 Å². The van der Waals surface area contributed by atoms with Crippen LogP contribution in [0.3, 0.4) is 0 Å². The molecule has 94 valence electrons. The molecule has 0 saturated heterocycles. The second-order valence-electron chi connectivity index (χ2n) is 3.90. The second-order valence-corrected chi connectivity index (χ2v) is 3.90. The van der Waals surface area contributed by atoms with Crippen LogP contribution < -0.4 is 0 Å². The van der Waals surface area contributed by atoms with Crippen molar-refractivity contribution in [1.82, 2.24) is 0 Å². The number of allylic oxidation sites excluding steroid dienone is 1. The van der Waals surface area contributed by atoms with E-state index in [1.807, 2.05) is 42.5 Å². The fourth-order valence-electron chi connectivity index (χ4n) is 1.57. The molecule has 2 aromatic carbocycles. The molecule has 19 heavy (non-hydrogen) atoms. The number of carboxylic acid groups (broad SMARTS) is 1. The van der Waals surface area contributed by atoms with Gasteiger partial charge in [0.2, 0.25) is 0 Å². The first-order valence-electron chi connectivity index (χ1n) is 5.85. The zero-order valence-electron chi connectivity index (χ0n) is 10.2. The van der Waals surface area contributed by atoms with Gasteiger partial charge in [0.25, 0.3) is 0 Å². The van der Waals surface area contributed by atoms with Gasteiger partial charge in [-0.3, -0.25) is 4.99 Å². The number of hydrogen-bond donors (Lipinski definition) is 1. The number of carboxylic acids is 1. The van der Waals surface area contributed by atoms with Crippen LogP contribution in [-0.4, -0.2) is 17.3 Å². The molecular formula is C16H13NO2. The predicted octanol–water partition coefficient (Wildman–Crippen LogP) is 3.80. The molecule has 0 aliphatic carbocycles. The molecule has 2 aromatic rings. The van der Waals surface area contributed by atoms with E-state index >= 15 is 0 Å². The molecule has 1 N–H and O–H groups in total. The quantitative estimate of drug-likeness (QED) is 0.840. The van der Waals surface area contributed by atoms with Crippen molar-refractivity contribution in [3.8, 4) is 0 Å². The Morgan fingerprint density at radius 1 is 1.05 bits per heavy atom. The fourth-order valence-corrected chi connectivity index (χ4v) is 1.57. The van der Waals surface area contributed by atoms with Crippen molar-refractivity contribution in [3.05, 3.63) is 71.8 Å². The van der Waals surface area contributed by atoms with Crippen LogP contribution >= 0.6 is 0 Å². The number of hydrogen-bond acceptors (Lipinski definition) is 2. The van der Waals surface area contributed by atoms with Crippen LogP contribution in [0.5, 0.6) is 0 Å². The van der Waals surface area contributed by atoms with Crippen LogP contribution in [0.1, 0.15) is 15.9 Å². The van der Waals surface area contributed by atoms with Gasteiger partial charge in [-0.1, -0.05) is 42.5 Å². The molecule has 3 heteroatoms. The van der Waals surface area contributed by atoms with Gasteiger partial charge >= 0.3 is 5.97 Å². The molecule has 0 fully saturated rings. The predicted molar refractivity (Wildman–Crippen MR) is 77.0 cm³/mol. The van der Waals surface area contributed by atoms with E-state index in [-0.39, 0.29) is 5.56 Å². The average Bonchev–Trinajstić information content (AvgIpc) is 2.45. The summed E-state index contributed by atoms with van der Waals surface area (Å²) in [5.41, 5.74) is 1.95. The van der Waals surface area contributed by atoms with E-state index in [0.717, 1.165) is 5.56 Å². The molecule has 0 atom stereocenters. The van der Waals surface area contributed by atoms with E-state index in [4.69, 9.17) is 5.11 Å². The van der Waals surface area contributed by atoms with Crippen molar-refractivity contribution < 1.29 is 9.90 Å². The van der Waals surface area contributed by atoms with E-state index in [2.05, 4.69) is 4.99 Å². The number of aliphatic imine (C=N–C) groups is 1. The topological polar surface area (TPSA) is 49.7 Å². The lowest BCUT2D eigenvalue weighted by atomic mass is 10.2. The van der Waals surface area contributed by atoms with Gasteiger partial charge < -0.3 is 5.11 Å². The minimum absolute atomic E-state index is 0.238. The lowest BCUT2D eigenvalue weighted by Gasteiger charge is -1.95. The summed E-state index contributed by atoms with van der Waals surface area (Å²) >= 11 is 0. The van der Waals surface area contributed by atoms with Crippen LogP contribution in [0.2, 0.25) is 0 Å². The fraction of sp³-hybridized carbons (Fsp3) is 0. The van der Waals surface area contributed by atoms with E-state index in [0.29, 0.717) is 5.69 Å². The third-order valence-electron chi connectivity index (χ3n) is 2.49. The molecule has 0 aliphatic rings. The minimum atomic E-state index is -0.947. The van der Waals surface area contributed by atoms with E-state index < -0.39 is 5.97 Å². The van der Waals surface area contributed by atoms with Crippen LogP contribution in [0, 0.1) is 0 Å². The molecule has 2 rings (SSSR count). The number of aromatic carboxylic acids is 1. The van der Waals surface area contributed by atoms with Gasteiger partial charge in [0.05, 0.1) is 11.3 Å². The van der Waals surface area contributed by atoms with Crippen molar-refractivity contribution >= 4 is 23.9 Å². The number of nitrogens with zero attached hydrogens (tertiary/aromatic N) is 1. The van der Waals surface area contributed by atoms with Crippen molar-refractivity contribution in [2.75, 3.05) is 0 Å². The van der Waals surface area contributed by atoms with Gasteiger partial charge in [-0.2, -0.15) is 0 Å². The Morgan fingerprint density at radius 2 is 1.84 bits per heavy atom. The maximum Gasteiger partial charge on any atom is 0.335 e. The summed E-state index contributed by atoms with van der Waals surface area (Å²) < 4.78 is 0. The van der Waals surface area contributed by atoms with Gasteiger partial charge in [0.1, 0.15) is 0 Å². The van der Waals surface area contributed by atoms with Crippen LogP contribution in [-0.2, 0) is 0 Å². The Hall–Kier alpha value is -2.68. The molecule has 0 heterocycles. The Morgan fingerprint density at radius 3 is 2.58 bits per heavy atom. The van der Waals surface area contributed by atoms with Gasteiger partial charge in [0, 0.05) is 6.21 Å². The largest absolute Gasteiger partial charge is 0.478 e. The first-order chi connectivity index (χ1) is 9.25. The number of carbonyl (C=O) groups is 1. The van der Waals surface area contributed by atoms with E-state index in [1.165, 1.54) is 6.07 Å². The van der Waals surface area contributed by atoms with E-state index in [1.54, 1.807) is 24.4 Å². The van der Waals surface area contributed by atoms with Crippen molar-refractivity contribution in [1.29, 1.82) is 0 Å². The highest BCUT2D eigenvalue weighted by atomic mass is 16.4. The summed E-state index contributed by atoms with van der Waals surface area (Å²) in [6.07, 6.45) is 5.40. The Kier molecular flexibility index (Phi) is 4.24. The lowest BCUT2D eigenvalue weighted by molar-refractivity contribution is 0.0697. The molecule has 0 spiro atoms. The van der Waals surface area contributed by atoms with Gasteiger partial charge in [-0.05, 0) is 29.8 Å². The molecule has 0 unspecified atom stereocenters. The van der Waals surface area contributed by atoms with Crippen molar-refractivity contribution in [2.45, 2.75) is 0 Å². The summed E-state index contributed by atoms with van der Waals surface area (Å²) in [6.45, 7) is 0. The van der Waals surface area contributed by atoms with Gasteiger partial charge in [-0.25, -0.2) is 4.79 Å². The van der Waals surface area contributed by atoms with Gasteiger partial charge in [0.15, 0.2) is 0 Å². The maximum absolute atomic E-state index is 10.8. The highest BCUT2D eigenvalue weighted by Crippen LogP contribution is 2.13. The zero-order chi connectivity index (χ0) is 13.5. The Balaban J connectivity index is 2.05. The van der Waals surface area contributed by atoms with Crippen LogP contribution in [0.15, 0.2) is 65.7 Å². The first kappa shape index (κ1) is 12.8. The first-order valence-corrected chi connectivity index (χ1v) is 5.85. The Labute approximate surface area is 111 Å². The molecule has 0 aromatic heterocycles. The standard InChI is InChI=1S/C16H13NO2/c18-16(19)14-9-4-10-15(12-14)17-11-5-8-13-6-2-1-3-7-13/h1-12H,(H,18,19)/b8-5-,17-11?. The highest BCUT2D eigenvalue weighted by Gasteiger charge is 2.01. The minimum Gasteiger partial charge on any atom is -0.478 e. The smallest absolute Gasteiger partial charge is 0.335 e. The molecule has 0 bridgehead atoms.